The summed E-state index contributed by atoms with van der Waals surface area (Å²) in [5.41, 5.74) is 2.95. The maximum atomic E-state index is 9.92. The second-order valence-electron chi connectivity index (χ2n) is 4.90. The van der Waals surface area contributed by atoms with Crippen LogP contribution in [0.5, 0.6) is 0 Å². The van der Waals surface area contributed by atoms with Crippen LogP contribution in [0.1, 0.15) is 24.5 Å². The average Bonchev–Trinajstić information content (AvgIpc) is 2.48. The van der Waals surface area contributed by atoms with Gasteiger partial charge in [-0.2, -0.15) is 0 Å². The number of hydrogen-bond acceptors (Lipinski definition) is 2. The molecule has 0 radical (unpaired) electrons. The van der Waals surface area contributed by atoms with E-state index in [0.717, 1.165) is 17.7 Å². The Bertz CT molecular complexity index is 518. The molecule has 0 heterocycles. The molecule has 1 unspecified atom stereocenters. The summed E-state index contributed by atoms with van der Waals surface area (Å²) in [7, 11) is 0. The molecule has 2 rings (SSSR count). The van der Waals surface area contributed by atoms with E-state index < -0.39 is 5.54 Å². The van der Waals surface area contributed by atoms with Crippen molar-refractivity contribution < 1.29 is 5.11 Å². The Hall–Kier alpha value is -1.80. The molecule has 0 bridgehead atoms. The first-order chi connectivity index (χ1) is 9.22. The minimum absolute atomic E-state index is 0.0713. The van der Waals surface area contributed by atoms with Gasteiger partial charge in [-0.1, -0.05) is 55.5 Å². The Morgan fingerprint density at radius 3 is 2.21 bits per heavy atom. The number of rotatable bonds is 5. The molecule has 0 saturated heterocycles. The molecule has 19 heavy (non-hydrogen) atoms. The van der Waals surface area contributed by atoms with Gasteiger partial charge < -0.3 is 10.4 Å². The minimum atomic E-state index is -0.423. The van der Waals surface area contributed by atoms with Crippen LogP contribution in [0.4, 0.5) is 5.69 Å². The van der Waals surface area contributed by atoms with Gasteiger partial charge in [-0.15, -0.1) is 0 Å². The van der Waals surface area contributed by atoms with Crippen molar-refractivity contribution >= 4 is 5.69 Å². The van der Waals surface area contributed by atoms with Crippen LogP contribution in [0.2, 0.25) is 0 Å². The van der Waals surface area contributed by atoms with Gasteiger partial charge in [0.2, 0.25) is 0 Å². The van der Waals surface area contributed by atoms with Crippen LogP contribution in [0.25, 0.3) is 0 Å². The maximum Gasteiger partial charge on any atom is 0.0854 e. The van der Waals surface area contributed by atoms with Gasteiger partial charge >= 0.3 is 0 Å². The van der Waals surface area contributed by atoms with Crippen molar-refractivity contribution in [2.75, 3.05) is 11.9 Å². The minimum Gasteiger partial charge on any atom is -0.394 e. The monoisotopic (exact) mass is 255 g/mol. The summed E-state index contributed by atoms with van der Waals surface area (Å²) in [6.07, 6.45) is 0.821. The molecule has 2 N–H and O–H groups in total. The van der Waals surface area contributed by atoms with Gasteiger partial charge in [0, 0.05) is 5.69 Å². The lowest BCUT2D eigenvalue weighted by molar-refractivity contribution is 0.207. The number of anilines is 1. The smallest absolute Gasteiger partial charge is 0.0854 e. The third-order valence-corrected chi connectivity index (χ3v) is 3.72. The molecule has 0 amide bonds. The Morgan fingerprint density at radius 2 is 1.63 bits per heavy atom. The quantitative estimate of drug-likeness (QED) is 0.853. The first-order valence-corrected chi connectivity index (χ1v) is 6.72. The number of nitrogens with one attached hydrogen (secondary N) is 1. The Balaban J connectivity index is 2.38. The first-order valence-electron chi connectivity index (χ1n) is 6.72. The summed E-state index contributed by atoms with van der Waals surface area (Å²) in [6, 6.07) is 18.3. The second kappa shape index (κ2) is 5.89. The highest BCUT2D eigenvalue weighted by molar-refractivity contribution is 5.53. The van der Waals surface area contributed by atoms with Gasteiger partial charge in [0.25, 0.3) is 0 Å². The van der Waals surface area contributed by atoms with Gasteiger partial charge in [-0.25, -0.2) is 0 Å². The van der Waals surface area contributed by atoms with E-state index in [1.807, 2.05) is 30.3 Å². The fourth-order valence-corrected chi connectivity index (χ4v) is 2.34. The van der Waals surface area contributed by atoms with Crippen molar-refractivity contribution in [3.05, 3.63) is 65.7 Å². The molecule has 0 fully saturated rings. The fourth-order valence-electron chi connectivity index (χ4n) is 2.34. The predicted octanol–water partition coefficient (Wildman–Crippen LogP) is 3.70. The summed E-state index contributed by atoms with van der Waals surface area (Å²) < 4.78 is 0. The normalized spacial score (nSPS) is 13.8. The molecule has 0 aromatic heterocycles. The average molecular weight is 255 g/mol. The summed E-state index contributed by atoms with van der Waals surface area (Å²) in [4.78, 5) is 0. The van der Waals surface area contributed by atoms with Gasteiger partial charge in [0.1, 0.15) is 0 Å². The van der Waals surface area contributed by atoms with E-state index in [4.69, 9.17) is 0 Å². The third kappa shape index (κ3) is 2.79. The van der Waals surface area contributed by atoms with Crippen LogP contribution in [0.3, 0.4) is 0 Å². The van der Waals surface area contributed by atoms with Crippen molar-refractivity contribution in [2.24, 2.45) is 0 Å². The number of aliphatic hydroxyl groups excluding tert-OH is 1. The summed E-state index contributed by atoms with van der Waals surface area (Å²) >= 11 is 0. The van der Waals surface area contributed by atoms with E-state index in [1.165, 1.54) is 5.56 Å². The molecular weight excluding hydrogens is 234 g/mol. The molecule has 0 aliphatic rings. The number of aliphatic hydroxyl groups is 1. The maximum absolute atomic E-state index is 9.92. The van der Waals surface area contributed by atoms with Crippen molar-refractivity contribution in [3.63, 3.8) is 0 Å². The SMILES string of the molecule is CCC(CO)(Nc1ccccc1C)c1ccccc1. The number of benzene rings is 2. The molecule has 2 aromatic carbocycles. The molecule has 2 aromatic rings. The van der Waals surface area contributed by atoms with Crippen molar-refractivity contribution in [1.29, 1.82) is 0 Å². The van der Waals surface area contributed by atoms with Gasteiger partial charge in [0.15, 0.2) is 0 Å². The van der Waals surface area contributed by atoms with Crippen LogP contribution < -0.4 is 5.32 Å². The Labute approximate surface area is 115 Å². The van der Waals surface area contributed by atoms with Crippen molar-refractivity contribution in [2.45, 2.75) is 25.8 Å². The number of hydrogen-bond donors (Lipinski definition) is 2. The highest BCUT2D eigenvalue weighted by Crippen LogP contribution is 2.30. The Morgan fingerprint density at radius 1 is 1.00 bits per heavy atom. The highest BCUT2D eigenvalue weighted by Gasteiger charge is 2.29. The van der Waals surface area contributed by atoms with Crippen LogP contribution >= 0.6 is 0 Å². The van der Waals surface area contributed by atoms with E-state index >= 15 is 0 Å². The molecule has 1 atom stereocenters. The summed E-state index contributed by atoms with van der Waals surface area (Å²) in [6.45, 7) is 4.24. The molecule has 0 saturated carbocycles. The zero-order chi connectivity index (χ0) is 13.7. The van der Waals surface area contributed by atoms with E-state index in [1.54, 1.807) is 0 Å². The number of aryl methyl sites for hydroxylation is 1. The molecule has 0 aliphatic carbocycles. The van der Waals surface area contributed by atoms with Crippen LogP contribution in [0.15, 0.2) is 54.6 Å². The predicted molar refractivity (Wildman–Crippen MR) is 80.3 cm³/mol. The first kappa shape index (κ1) is 13.6. The van der Waals surface area contributed by atoms with Crippen LogP contribution in [-0.2, 0) is 5.54 Å². The molecule has 2 heteroatoms. The topological polar surface area (TPSA) is 32.3 Å². The largest absolute Gasteiger partial charge is 0.394 e. The van der Waals surface area contributed by atoms with E-state index in [-0.39, 0.29) is 6.61 Å². The van der Waals surface area contributed by atoms with E-state index in [2.05, 4.69) is 43.4 Å². The molecule has 0 aliphatic heterocycles. The number of para-hydroxylation sites is 1. The van der Waals surface area contributed by atoms with Crippen molar-refractivity contribution in [1.82, 2.24) is 0 Å². The lowest BCUT2D eigenvalue weighted by atomic mass is 9.87. The standard InChI is InChI=1S/C17H21NO/c1-3-17(13-19,15-10-5-4-6-11-15)18-16-12-8-7-9-14(16)2/h4-12,18-19H,3,13H2,1-2H3. The second-order valence-corrected chi connectivity index (χ2v) is 4.90. The fraction of sp³-hybridized carbons (Fsp3) is 0.294. The van der Waals surface area contributed by atoms with Gasteiger partial charge in [-0.3, -0.25) is 0 Å². The van der Waals surface area contributed by atoms with Gasteiger partial charge in [0.05, 0.1) is 12.1 Å². The van der Waals surface area contributed by atoms with Crippen molar-refractivity contribution in [3.8, 4) is 0 Å². The van der Waals surface area contributed by atoms with E-state index in [9.17, 15) is 5.11 Å². The highest BCUT2D eigenvalue weighted by atomic mass is 16.3. The Kier molecular flexibility index (Phi) is 4.23. The zero-order valence-electron chi connectivity index (χ0n) is 11.6. The molecule has 0 spiro atoms. The molecule has 100 valence electrons. The summed E-state index contributed by atoms with van der Waals surface area (Å²) in [5, 5.41) is 13.4. The molecule has 2 nitrogen and oxygen atoms in total. The van der Waals surface area contributed by atoms with Crippen LogP contribution in [-0.4, -0.2) is 11.7 Å². The zero-order valence-corrected chi connectivity index (χ0v) is 11.6. The lowest BCUT2D eigenvalue weighted by Gasteiger charge is -2.34. The third-order valence-electron chi connectivity index (χ3n) is 3.72. The summed E-state index contributed by atoms with van der Waals surface area (Å²) in [5.74, 6) is 0. The lowest BCUT2D eigenvalue weighted by Crippen LogP contribution is -2.38. The van der Waals surface area contributed by atoms with Gasteiger partial charge in [-0.05, 0) is 30.5 Å². The van der Waals surface area contributed by atoms with Crippen LogP contribution in [0, 0.1) is 6.92 Å². The van der Waals surface area contributed by atoms with E-state index in [0.29, 0.717) is 0 Å². The molecular formula is C17H21NO.